The minimum absolute atomic E-state index is 0.174. The molecule has 7 nitrogen and oxygen atoms in total. The fourth-order valence-electron chi connectivity index (χ4n) is 4.90. The molecule has 29 heavy (non-hydrogen) atoms. The maximum absolute atomic E-state index is 14.2. The van der Waals surface area contributed by atoms with Crippen LogP contribution >= 0.6 is 0 Å². The molecule has 2 fully saturated rings. The maximum atomic E-state index is 14.2. The van der Waals surface area contributed by atoms with Crippen molar-refractivity contribution >= 4 is 17.2 Å². The number of piperidine rings is 1. The Morgan fingerprint density at radius 1 is 1.31 bits per heavy atom. The summed E-state index contributed by atoms with van der Waals surface area (Å²) in [5.74, 6) is 1.44. The predicted molar refractivity (Wildman–Crippen MR) is 106 cm³/mol. The quantitative estimate of drug-likeness (QED) is 0.635. The van der Waals surface area contributed by atoms with Crippen molar-refractivity contribution in [1.29, 1.82) is 0 Å². The number of hydrogen-bond donors (Lipinski definition) is 1. The number of halogens is 1. The fraction of sp³-hybridized carbons (Fsp3) is 0.381. The lowest BCUT2D eigenvalue weighted by Gasteiger charge is -2.31. The number of nitrogens with zero attached hydrogens (tertiary/aromatic N) is 5. The summed E-state index contributed by atoms with van der Waals surface area (Å²) in [5, 5.41) is 8.19. The van der Waals surface area contributed by atoms with Crippen molar-refractivity contribution in [2.75, 3.05) is 18.0 Å². The van der Waals surface area contributed by atoms with Gasteiger partial charge in [0.1, 0.15) is 23.4 Å². The van der Waals surface area contributed by atoms with E-state index in [4.69, 9.17) is 9.84 Å². The summed E-state index contributed by atoms with van der Waals surface area (Å²) in [6.07, 6.45) is 4.82. The van der Waals surface area contributed by atoms with Gasteiger partial charge in [-0.3, -0.25) is 0 Å². The first-order chi connectivity index (χ1) is 14.1. The Bertz CT molecular complexity index is 1160. The molecule has 3 atom stereocenters. The van der Waals surface area contributed by atoms with Crippen molar-refractivity contribution < 1.29 is 9.13 Å². The third kappa shape index (κ3) is 2.31. The number of pyridine rings is 1. The smallest absolute Gasteiger partial charge is 0.219 e. The van der Waals surface area contributed by atoms with Crippen molar-refractivity contribution in [2.45, 2.75) is 31.4 Å². The van der Waals surface area contributed by atoms with Gasteiger partial charge in [0.2, 0.25) is 5.88 Å². The van der Waals surface area contributed by atoms with Gasteiger partial charge in [0, 0.05) is 12.1 Å². The van der Waals surface area contributed by atoms with Crippen LogP contribution in [0.5, 0.6) is 5.88 Å². The Labute approximate surface area is 167 Å². The van der Waals surface area contributed by atoms with E-state index in [-0.39, 0.29) is 17.5 Å². The first kappa shape index (κ1) is 16.8. The second-order valence-corrected chi connectivity index (χ2v) is 8.16. The molecule has 0 amide bonds. The molecule has 3 aromatic heterocycles. The van der Waals surface area contributed by atoms with Gasteiger partial charge in [-0.05, 0) is 43.9 Å². The highest BCUT2D eigenvalue weighted by atomic mass is 19.1. The Morgan fingerprint density at radius 2 is 2.21 bits per heavy atom. The number of rotatable bonds is 0. The third-order valence-corrected chi connectivity index (χ3v) is 6.39. The fourth-order valence-corrected chi connectivity index (χ4v) is 4.90. The topological polar surface area (TPSA) is 67.6 Å². The summed E-state index contributed by atoms with van der Waals surface area (Å²) in [6.45, 7) is 7.51. The van der Waals surface area contributed by atoms with E-state index >= 15 is 0 Å². The average Bonchev–Trinajstić information content (AvgIpc) is 3.10. The van der Waals surface area contributed by atoms with Crippen LogP contribution in [0.1, 0.15) is 31.0 Å². The van der Waals surface area contributed by atoms with Crippen LogP contribution in [-0.4, -0.2) is 38.8 Å². The van der Waals surface area contributed by atoms with E-state index in [9.17, 15) is 4.39 Å². The Hall–Kier alpha value is -3.16. The molecule has 148 valence electrons. The molecule has 2 unspecified atom stereocenters. The van der Waals surface area contributed by atoms with Gasteiger partial charge in [0.15, 0.2) is 5.65 Å². The highest BCUT2D eigenvalue weighted by Crippen LogP contribution is 2.64. The van der Waals surface area contributed by atoms with Crippen LogP contribution in [-0.2, 0) is 5.54 Å². The molecule has 5 heterocycles. The molecular formula is C21H21FN6O. The summed E-state index contributed by atoms with van der Waals surface area (Å²) in [7, 11) is 0. The summed E-state index contributed by atoms with van der Waals surface area (Å²) in [6, 6.07) is 5.53. The van der Waals surface area contributed by atoms with E-state index in [2.05, 4.69) is 26.8 Å². The van der Waals surface area contributed by atoms with Crippen LogP contribution in [0.15, 0.2) is 37.2 Å². The molecule has 1 saturated heterocycles. The molecule has 2 bridgehead atoms. The average molecular weight is 392 g/mol. The molecule has 1 N–H and O–H groups in total. The summed E-state index contributed by atoms with van der Waals surface area (Å²) in [5.41, 5.74) is 2.81. The van der Waals surface area contributed by atoms with Crippen molar-refractivity contribution in [3.63, 3.8) is 0 Å². The summed E-state index contributed by atoms with van der Waals surface area (Å²) < 4.78 is 22.2. The van der Waals surface area contributed by atoms with Crippen molar-refractivity contribution in [2.24, 2.45) is 5.92 Å². The van der Waals surface area contributed by atoms with E-state index < -0.39 is 0 Å². The molecule has 2 aliphatic heterocycles. The zero-order valence-electron chi connectivity index (χ0n) is 16.1. The number of anilines is 1. The molecule has 3 aromatic rings. The Kier molecular flexibility index (Phi) is 3.29. The second-order valence-electron chi connectivity index (χ2n) is 8.16. The van der Waals surface area contributed by atoms with E-state index in [1.54, 1.807) is 12.3 Å². The minimum Gasteiger partial charge on any atom is -0.473 e. The second kappa shape index (κ2) is 5.68. The minimum atomic E-state index is -0.344. The third-order valence-electron chi connectivity index (χ3n) is 6.39. The normalized spacial score (nSPS) is 27.8. The van der Waals surface area contributed by atoms with Gasteiger partial charge in [-0.1, -0.05) is 6.58 Å². The zero-order chi connectivity index (χ0) is 19.8. The van der Waals surface area contributed by atoms with E-state index in [0.29, 0.717) is 18.3 Å². The number of ether oxygens (including phenoxy) is 1. The van der Waals surface area contributed by atoms with E-state index in [0.717, 1.165) is 47.8 Å². The van der Waals surface area contributed by atoms with Crippen molar-refractivity contribution in [1.82, 2.24) is 24.9 Å². The van der Waals surface area contributed by atoms with Gasteiger partial charge in [-0.15, -0.1) is 5.10 Å². The monoisotopic (exact) mass is 392 g/mol. The van der Waals surface area contributed by atoms with Crippen LogP contribution in [0, 0.1) is 11.7 Å². The molecule has 1 saturated carbocycles. The number of fused-ring (bicyclic) bond motifs is 3. The van der Waals surface area contributed by atoms with Crippen molar-refractivity contribution in [3.8, 4) is 5.88 Å². The first-order valence-electron chi connectivity index (χ1n) is 9.94. The highest BCUT2D eigenvalue weighted by molar-refractivity contribution is 5.63. The van der Waals surface area contributed by atoms with Gasteiger partial charge in [0.05, 0.1) is 30.2 Å². The Morgan fingerprint density at radius 3 is 3.07 bits per heavy atom. The van der Waals surface area contributed by atoms with Gasteiger partial charge in [-0.2, -0.15) is 0 Å². The Balaban J connectivity index is 1.58. The van der Waals surface area contributed by atoms with E-state index in [1.165, 1.54) is 6.20 Å². The lowest BCUT2D eigenvalue weighted by atomic mass is 10.0. The lowest BCUT2D eigenvalue weighted by molar-refractivity contribution is 0.209. The molecule has 1 spiro atoms. The van der Waals surface area contributed by atoms with Crippen LogP contribution in [0.2, 0.25) is 0 Å². The van der Waals surface area contributed by atoms with Crippen molar-refractivity contribution in [3.05, 3.63) is 54.2 Å². The first-order valence-corrected chi connectivity index (χ1v) is 9.94. The molecule has 8 heteroatoms. The highest BCUT2D eigenvalue weighted by Gasteiger charge is 2.65. The van der Waals surface area contributed by atoms with Crippen LogP contribution in [0.4, 0.5) is 10.2 Å². The van der Waals surface area contributed by atoms with Gasteiger partial charge < -0.3 is 15.0 Å². The van der Waals surface area contributed by atoms with Gasteiger partial charge in [0.25, 0.3) is 0 Å². The summed E-state index contributed by atoms with van der Waals surface area (Å²) >= 11 is 0. The maximum Gasteiger partial charge on any atom is 0.219 e. The standard InChI is InChI=1S/C21H21FN6O/c1-12-9-23-13(2)17-11-24-18-3-4-19(26-28(17)18)27-6-5-14-8-21(14,27)16-7-15(22)10-25-20(16)29-12/h3-4,7,10-12,14,23H,2,5-6,8-9H2,1H3/t12-,14?,21?/m0/s1. The van der Waals surface area contributed by atoms with Crippen LogP contribution in [0.25, 0.3) is 11.3 Å². The lowest BCUT2D eigenvalue weighted by Crippen LogP contribution is -2.35. The molecule has 3 aliphatic rings. The zero-order valence-corrected chi connectivity index (χ0v) is 16.1. The van der Waals surface area contributed by atoms with Gasteiger partial charge in [-0.25, -0.2) is 18.9 Å². The van der Waals surface area contributed by atoms with E-state index in [1.807, 2.05) is 23.6 Å². The largest absolute Gasteiger partial charge is 0.473 e. The predicted octanol–water partition coefficient (Wildman–Crippen LogP) is 2.73. The van der Waals surface area contributed by atoms with Crippen LogP contribution < -0.4 is 15.0 Å². The number of imidazole rings is 1. The SMILES string of the molecule is C=C1NC[C@H](C)Oc2ncc(F)cc2C23CC2CCN3c2ccc3ncc1n3n2. The molecule has 6 rings (SSSR count). The summed E-state index contributed by atoms with van der Waals surface area (Å²) in [4.78, 5) is 11.1. The molecule has 1 aliphatic carbocycles. The van der Waals surface area contributed by atoms with Crippen LogP contribution in [0.3, 0.4) is 0 Å². The number of aromatic nitrogens is 4. The number of hydrogen-bond acceptors (Lipinski definition) is 6. The van der Waals surface area contributed by atoms with Gasteiger partial charge >= 0.3 is 0 Å². The molecular weight excluding hydrogens is 371 g/mol. The number of nitrogens with one attached hydrogen (secondary N) is 1. The molecule has 0 aromatic carbocycles. The molecule has 0 radical (unpaired) electrons.